The molecule has 0 spiro atoms. The summed E-state index contributed by atoms with van der Waals surface area (Å²) in [5, 5.41) is 3.25. The Labute approximate surface area is 262 Å². The molecule has 0 amide bonds. The van der Waals surface area contributed by atoms with E-state index in [2.05, 4.69) is 99.9 Å². The van der Waals surface area contributed by atoms with E-state index in [4.69, 9.17) is 19.9 Å². The molecule has 0 aliphatic carbocycles. The Hall–Kier alpha value is -6.40. The molecule has 6 heteroatoms. The molecular formula is C40H24N6. The molecule has 0 atom stereocenters. The third-order valence-electron chi connectivity index (χ3n) is 8.93. The van der Waals surface area contributed by atoms with Gasteiger partial charge in [0.05, 0.1) is 22.4 Å². The topological polar surface area (TPSA) is 60.4 Å². The predicted octanol–water partition coefficient (Wildman–Crippen LogP) is 9.39. The van der Waals surface area contributed by atoms with Crippen LogP contribution in [0.2, 0.25) is 0 Å². The molecule has 0 bridgehead atoms. The normalized spacial score (nSPS) is 11.9. The van der Waals surface area contributed by atoms with Gasteiger partial charge in [-0.1, -0.05) is 97.1 Å². The Bertz CT molecular complexity index is 2810. The summed E-state index contributed by atoms with van der Waals surface area (Å²) in [4.78, 5) is 20.3. The van der Waals surface area contributed by atoms with Crippen molar-refractivity contribution in [3.05, 3.63) is 146 Å². The summed E-state index contributed by atoms with van der Waals surface area (Å²) in [7, 11) is 0. The van der Waals surface area contributed by atoms with Gasteiger partial charge in [-0.15, -0.1) is 0 Å². The average Bonchev–Trinajstić information content (AvgIpc) is 3.71. The molecule has 10 aromatic rings. The molecule has 4 aromatic carbocycles. The lowest BCUT2D eigenvalue weighted by atomic mass is 9.97. The largest absolute Gasteiger partial charge is 0.298 e. The van der Waals surface area contributed by atoms with Crippen molar-refractivity contribution in [1.82, 2.24) is 28.7 Å². The molecule has 0 aliphatic rings. The second-order valence-electron chi connectivity index (χ2n) is 11.6. The highest BCUT2D eigenvalue weighted by Crippen LogP contribution is 2.36. The fraction of sp³-hybridized carbons (Fsp3) is 0. The zero-order valence-electron chi connectivity index (χ0n) is 24.5. The number of rotatable bonds is 3. The first kappa shape index (κ1) is 25.0. The van der Waals surface area contributed by atoms with Crippen LogP contribution in [0.1, 0.15) is 0 Å². The number of imidazole rings is 2. The number of benzene rings is 4. The number of hydrogen-bond acceptors (Lipinski definition) is 4. The number of para-hydroxylation sites is 1. The number of aromatic nitrogens is 6. The fourth-order valence-corrected chi connectivity index (χ4v) is 6.78. The van der Waals surface area contributed by atoms with Gasteiger partial charge in [-0.2, -0.15) is 0 Å². The molecule has 0 N–H and O–H groups in total. The average molecular weight is 589 g/mol. The van der Waals surface area contributed by atoms with Gasteiger partial charge in [-0.3, -0.25) is 8.80 Å². The maximum atomic E-state index is 5.18. The molecule has 0 radical (unpaired) electrons. The molecule has 6 heterocycles. The van der Waals surface area contributed by atoms with Crippen LogP contribution in [0.4, 0.5) is 0 Å². The van der Waals surface area contributed by atoms with Crippen LogP contribution in [0.25, 0.3) is 88.8 Å². The van der Waals surface area contributed by atoms with Crippen LogP contribution in [0.15, 0.2) is 146 Å². The van der Waals surface area contributed by atoms with Crippen molar-refractivity contribution >= 4 is 55.2 Å². The minimum absolute atomic E-state index is 0.864. The summed E-state index contributed by atoms with van der Waals surface area (Å²) >= 11 is 0. The lowest BCUT2D eigenvalue weighted by Crippen LogP contribution is -1.93. The van der Waals surface area contributed by atoms with E-state index < -0.39 is 0 Å². The molecule has 0 saturated carbocycles. The molecule has 0 saturated heterocycles. The van der Waals surface area contributed by atoms with Crippen LogP contribution >= 0.6 is 0 Å². The summed E-state index contributed by atoms with van der Waals surface area (Å²) < 4.78 is 4.20. The van der Waals surface area contributed by atoms with Crippen LogP contribution in [0, 0.1) is 0 Å². The summed E-state index contributed by atoms with van der Waals surface area (Å²) in [5.74, 6) is 0. The van der Waals surface area contributed by atoms with E-state index in [1.165, 1.54) is 0 Å². The summed E-state index contributed by atoms with van der Waals surface area (Å²) in [5.41, 5.74) is 12.7. The van der Waals surface area contributed by atoms with E-state index in [0.717, 1.165) is 88.8 Å². The maximum absolute atomic E-state index is 5.18. The second-order valence-corrected chi connectivity index (χ2v) is 11.6. The van der Waals surface area contributed by atoms with Crippen LogP contribution in [0.3, 0.4) is 0 Å². The third kappa shape index (κ3) is 3.64. The Kier molecular flexibility index (Phi) is 5.19. The van der Waals surface area contributed by atoms with Crippen LogP contribution < -0.4 is 0 Å². The molecule has 6 aromatic heterocycles. The third-order valence-corrected chi connectivity index (χ3v) is 8.93. The Morgan fingerprint density at radius 3 is 1.89 bits per heavy atom. The first-order chi connectivity index (χ1) is 22.8. The van der Waals surface area contributed by atoms with E-state index in [9.17, 15) is 0 Å². The van der Waals surface area contributed by atoms with E-state index in [0.29, 0.717) is 0 Å². The number of nitrogens with zero attached hydrogens (tertiary/aromatic N) is 6. The quantitative estimate of drug-likeness (QED) is 0.206. The standard InChI is InChI=1S/C40H24N6/c1-2-13-30-29(12-1)35(44-40-38(30)43-34-17-6-8-23-46(34)40)26-20-18-25(19-21-26)27-10-9-11-28(24-27)36-39-37(31-14-3-4-15-32(31)41-36)42-33-16-5-7-22-45(33)39/h1-24H. The minimum Gasteiger partial charge on any atom is -0.298 e. The predicted molar refractivity (Wildman–Crippen MR) is 186 cm³/mol. The van der Waals surface area contributed by atoms with Crippen molar-refractivity contribution in [2.75, 3.05) is 0 Å². The van der Waals surface area contributed by atoms with Crippen molar-refractivity contribution in [2.24, 2.45) is 0 Å². The highest BCUT2D eigenvalue weighted by molar-refractivity contribution is 6.10. The van der Waals surface area contributed by atoms with Crippen molar-refractivity contribution in [3.63, 3.8) is 0 Å². The van der Waals surface area contributed by atoms with E-state index >= 15 is 0 Å². The number of hydrogen-bond donors (Lipinski definition) is 0. The molecule has 10 rings (SSSR count). The van der Waals surface area contributed by atoms with Crippen molar-refractivity contribution in [3.8, 4) is 33.6 Å². The van der Waals surface area contributed by atoms with Gasteiger partial charge in [-0.25, -0.2) is 19.9 Å². The van der Waals surface area contributed by atoms with Gasteiger partial charge < -0.3 is 0 Å². The van der Waals surface area contributed by atoms with Crippen molar-refractivity contribution in [1.29, 1.82) is 0 Å². The molecule has 0 aliphatic heterocycles. The molecule has 46 heavy (non-hydrogen) atoms. The lowest BCUT2D eigenvalue weighted by molar-refractivity contribution is 1.19. The van der Waals surface area contributed by atoms with Crippen LogP contribution in [-0.2, 0) is 0 Å². The molecular weight excluding hydrogens is 564 g/mol. The maximum Gasteiger partial charge on any atom is 0.165 e. The molecule has 0 unspecified atom stereocenters. The fourth-order valence-electron chi connectivity index (χ4n) is 6.78. The highest BCUT2D eigenvalue weighted by Gasteiger charge is 2.18. The first-order valence-corrected chi connectivity index (χ1v) is 15.3. The van der Waals surface area contributed by atoms with E-state index in [1.807, 2.05) is 54.7 Å². The zero-order chi connectivity index (χ0) is 30.2. The second kappa shape index (κ2) is 9.55. The van der Waals surface area contributed by atoms with Crippen molar-refractivity contribution in [2.45, 2.75) is 0 Å². The van der Waals surface area contributed by atoms with Gasteiger partial charge >= 0.3 is 0 Å². The van der Waals surface area contributed by atoms with Gasteiger partial charge in [0.15, 0.2) is 5.65 Å². The summed E-state index contributed by atoms with van der Waals surface area (Å²) in [6.45, 7) is 0. The van der Waals surface area contributed by atoms with E-state index in [-0.39, 0.29) is 0 Å². The van der Waals surface area contributed by atoms with Gasteiger partial charge in [0.25, 0.3) is 0 Å². The van der Waals surface area contributed by atoms with Crippen LogP contribution in [-0.4, -0.2) is 28.7 Å². The summed E-state index contributed by atoms with van der Waals surface area (Å²) in [6.07, 6.45) is 4.09. The number of pyridine rings is 4. The first-order valence-electron chi connectivity index (χ1n) is 15.3. The lowest BCUT2D eigenvalue weighted by Gasteiger charge is -2.11. The monoisotopic (exact) mass is 588 g/mol. The van der Waals surface area contributed by atoms with Crippen molar-refractivity contribution < 1.29 is 0 Å². The molecule has 6 nitrogen and oxygen atoms in total. The summed E-state index contributed by atoms with van der Waals surface area (Å²) in [6, 6.07) is 46.1. The van der Waals surface area contributed by atoms with Gasteiger partial charge in [0, 0.05) is 39.7 Å². The van der Waals surface area contributed by atoms with E-state index in [1.54, 1.807) is 0 Å². The smallest absolute Gasteiger partial charge is 0.165 e. The molecule has 214 valence electrons. The molecule has 0 fully saturated rings. The van der Waals surface area contributed by atoms with Gasteiger partial charge in [-0.05, 0) is 47.5 Å². The zero-order valence-corrected chi connectivity index (χ0v) is 24.5. The van der Waals surface area contributed by atoms with Crippen LogP contribution in [0.5, 0.6) is 0 Å². The minimum atomic E-state index is 0.864. The number of fused-ring (bicyclic) bond motifs is 10. The SMILES string of the molecule is c1cc(-c2ccc(-c3nc4c(nc5ccccn54)c4ccccc34)cc2)cc(-c2nc3ccccc3c3nc4ccccn4c23)c1. The Morgan fingerprint density at radius 1 is 0.391 bits per heavy atom. The Morgan fingerprint density at radius 2 is 1.04 bits per heavy atom. The Balaban J connectivity index is 1.11. The van der Waals surface area contributed by atoms with Gasteiger partial charge in [0.1, 0.15) is 22.3 Å². The highest BCUT2D eigenvalue weighted by atomic mass is 15.1. The van der Waals surface area contributed by atoms with Gasteiger partial charge in [0.2, 0.25) is 0 Å².